The first-order chi connectivity index (χ1) is 9.74. The van der Waals surface area contributed by atoms with E-state index in [2.05, 4.69) is 25.8 Å². The molecule has 2 aliphatic rings. The van der Waals surface area contributed by atoms with E-state index in [1.165, 1.54) is 11.3 Å². The number of amides is 1. The summed E-state index contributed by atoms with van der Waals surface area (Å²) in [5, 5.41) is 0. The van der Waals surface area contributed by atoms with E-state index in [0.29, 0.717) is 10.5 Å². The van der Waals surface area contributed by atoms with Crippen molar-refractivity contribution in [3.8, 4) is 0 Å². The molecular weight excluding hydrogens is 342 g/mol. The number of halogens is 1. The average molecular weight is 360 g/mol. The van der Waals surface area contributed by atoms with E-state index in [4.69, 9.17) is 4.74 Å². The summed E-state index contributed by atoms with van der Waals surface area (Å²) in [5.74, 6) is 0.701. The smallest absolute Gasteiger partial charge is 0.266 e. The fourth-order valence-corrected chi connectivity index (χ4v) is 4.16. The molecular formula is C13H18BrN3O2S. The number of thiazole rings is 1. The number of nitrogens with zero attached hydrogens (tertiary/aromatic N) is 3. The van der Waals surface area contributed by atoms with Gasteiger partial charge in [-0.15, -0.1) is 11.3 Å². The van der Waals surface area contributed by atoms with Gasteiger partial charge in [-0.2, -0.15) is 0 Å². The Morgan fingerprint density at radius 2 is 2.25 bits per heavy atom. The zero-order valence-corrected chi connectivity index (χ0v) is 13.7. The van der Waals surface area contributed by atoms with Crippen molar-refractivity contribution in [1.29, 1.82) is 0 Å². The highest BCUT2D eigenvalue weighted by Gasteiger charge is 2.30. The van der Waals surface area contributed by atoms with Gasteiger partial charge < -0.3 is 9.64 Å². The summed E-state index contributed by atoms with van der Waals surface area (Å²) in [5.41, 5.74) is 1.71. The average Bonchev–Trinajstić information content (AvgIpc) is 3.08. The van der Waals surface area contributed by atoms with Gasteiger partial charge in [0.15, 0.2) is 0 Å². The van der Waals surface area contributed by atoms with Gasteiger partial charge in [0.05, 0.1) is 18.7 Å². The quantitative estimate of drug-likeness (QED) is 0.823. The lowest BCUT2D eigenvalue weighted by Gasteiger charge is -2.29. The first-order valence-corrected chi connectivity index (χ1v) is 8.59. The zero-order chi connectivity index (χ0) is 13.9. The Bertz CT molecular complexity index is 476. The van der Waals surface area contributed by atoms with Crippen LogP contribution in [0.15, 0.2) is 10.1 Å². The second-order valence-corrected chi connectivity index (χ2v) is 6.90. The summed E-state index contributed by atoms with van der Waals surface area (Å²) >= 11 is 4.74. The third-order valence-electron chi connectivity index (χ3n) is 3.91. The SMILES string of the molecule is O=C(c1scnc1Br)N1CCC(CN2CCOCC2)C1. The van der Waals surface area contributed by atoms with Gasteiger partial charge in [-0.1, -0.05) is 0 Å². The Kier molecular flexibility index (Phi) is 4.70. The van der Waals surface area contributed by atoms with Crippen LogP contribution in [-0.4, -0.2) is 66.6 Å². The molecule has 1 unspecified atom stereocenters. The highest BCUT2D eigenvalue weighted by molar-refractivity contribution is 9.10. The first-order valence-electron chi connectivity index (χ1n) is 6.92. The molecule has 0 aromatic carbocycles. The van der Waals surface area contributed by atoms with Crippen molar-refractivity contribution in [2.24, 2.45) is 5.92 Å². The normalized spacial score (nSPS) is 24.2. The van der Waals surface area contributed by atoms with E-state index >= 15 is 0 Å². The minimum atomic E-state index is 0.115. The molecule has 3 heterocycles. The van der Waals surface area contributed by atoms with Crippen LogP contribution >= 0.6 is 27.3 Å². The number of rotatable bonds is 3. The maximum atomic E-state index is 12.4. The lowest BCUT2D eigenvalue weighted by molar-refractivity contribution is 0.0310. The predicted octanol–water partition coefficient (Wildman–Crippen LogP) is 1.70. The molecule has 3 rings (SSSR count). The van der Waals surface area contributed by atoms with E-state index in [1.807, 2.05) is 4.90 Å². The maximum Gasteiger partial charge on any atom is 0.266 e. The standard InChI is InChI=1S/C13H18BrN3O2S/c14-12-11(20-9-15-12)13(18)17-2-1-10(8-17)7-16-3-5-19-6-4-16/h9-10H,1-8H2. The fraction of sp³-hybridized carbons (Fsp3) is 0.692. The Morgan fingerprint density at radius 3 is 2.95 bits per heavy atom. The molecule has 5 nitrogen and oxygen atoms in total. The largest absolute Gasteiger partial charge is 0.379 e. The van der Waals surface area contributed by atoms with Gasteiger partial charge in [0.2, 0.25) is 0 Å². The highest BCUT2D eigenvalue weighted by atomic mass is 79.9. The van der Waals surface area contributed by atoms with Crippen molar-refractivity contribution in [1.82, 2.24) is 14.8 Å². The molecule has 0 bridgehead atoms. The summed E-state index contributed by atoms with van der Waals surface area (Å²) < 4.78 is 6.04. The van der Waals surface area contributed by atoms with E-state index in [9.17, 15) is 4.79 Å². The van der Waals surface area contributed by atoms with E-state index in [0.717, 1.165) is 57.2 Å². The first kappa shape index (κ1) is 14.4. The maximum absolute atomic E-state index is 12.4. The van der Waals surface area contributed by atoms with E-state index in [-0.39, 0.29) is 5.91 Å². The van der Waals surface area contributed by atoms with Gasteiger partial charge in [0.25, 0.3) is 5.91 Å². The van der Waals surface area contributed by atoms with Crippen molar-refractivity contribution in [2.45, 2.75) is 6.42 Å². The summed E-state index contributed by atoms with van der Waals surface area (Å²) in [6, 6.07) is 0. The minimum Gasteiger partial charge on any atom is -0.379 e. The number of morpholine rings is 1. The van der Waals surface area contributed by atoms with Gasteiger partial charge in [0.1, 0.15) is 9.48 Å². The molecule has 1 aromatic rings. The van der Waals surface area contributed by atoms with Crippen LogP contribution in [0.1, 0.15) is 16.1 Å². The topological polar surface area (TPSA) is 45.7 Å². The second-order valence-electron chi connectivity index (χ2n) is 5.29. The lowest BCUT2D eigenvalue weighted by Crippen LogP contribution is -2.40. The number of ether oxygens (including phenoxy) is 1. The number of carbonyl (C=O) groups is 1. The molecule has 0 spiro atoms. The van der Waals surface area contributed by atoms with Gasteiger partial charge in [0, 0.05) is 32.7 Å². The van der Waals surface area contributed by atoms with Gasteiger partial charge in [-0.3, -0.25) is 9.69 Å². The Morgan fingerprint density at radius 1 is 1.45 bits per heavy atom. The third kappa shape index (κ3) is 3.21. The molecule has 20 heavy (non-hydrogen) atoms. The minimum absolute atomic E-state index is 0.115. The van der Waals surface area contributed by atoms with Gasteiger partial charge in [-0.25, -0.2) is 4.98 Å². The molecule has 7 heteroatoms. The van der Waals surface area contributed by atoms with Crippen LogP contribution in [-0.2, 0) is 4.74 Å². The fourth-order valence-electron chi connectivity index (χ4n) is 2.83. The molecule has 2 saturated heterocycles. The molecule has 2 fully saturated rings. The van der Waals surface area contributed by atoms with Gasteiger partial charge >= 0.3 is 0 Å². The third-order valence-corrected chi connectivity index (χ3v) is 5.59. The van der Waals surface area contributed by atoms with Crippen molar-refractivity contribution in [2.75, 3.05) is 45.9 Å². The summed E-state index contributed by atoms with van der Waals surface area (Å²) in [6.45, 7) is 6.51. The number of likely N-dealkylation sites (tertiary alicyclic amines) is 1. The highest BCUT2D eigenvalue weighted by Crippen LogP contribution is 2.25. The zero-order valence-electron chi connectivity index (χ0n) is 11.3. The molecule has 1 aromatic heterocycles. The van der Waals surface area contributed by atoms with Gasteiger partial charge in [-0.05, 0) is 28.3 Å². The van der Waals surface area contributed by atoms with Crippen molar-refractivity contribution in [3.63, 3.8) is 0 Å². The summed E-state index contributed by atoms with van der Waals surface area (Å²) in [7, 11) is 0. The Balaban J connectivity index is 1.54. The predicted molar refractivity (Wildman–Crippen MR) is 81.1 cm³/mol. The Labute approximate surface area is 131 Å². The number of hydrogen-bond donors (Lipinski definition) is 0. The van der Waals surface area contributed by atoms with Crippen LogP contribution in [0.3, 0.4) is 0 Å². The molecule has 0 aliphatic carbocycles. The second kappa shape index (κ2) is 6.51. The molecule has 0 radical (unpaired) electrons. The molecule has 0 N–H and O–H groups in total. The molecule has 0 saturated carbocycles. The van der Waals surface area contributed by atoms with Crippen LogP contribution in [0.2, 0.25) is 0 Å². The molecule has 110 valence electrons. The van der Waals surface area contributed by atoms with E-state index in [1.54, 1.807) is 5.51 Å². The van der Waals surface area contributed by atoms with Crippen LogP contribution in [0.4, 0.5) is 0 Å². The Hall–Kier alpha value is -0.500. The van der Waals surface area contributed by atoms with Crippen LogP contribution in [0, 0.1) is 5.92 Å². The summed E-state index contributed by atoms with van der Waals surface area (Å²) in [6.07, 6.45) is 1.10. The van der Waals surface area contributed by atoms with E-state index < -0.39 is 0 Å². The van der Waals surface area contributed by atoms with Crippen LogP contribution in [0.5, 0.6) is 0 Å². The van der Waals surface area contributed by atoms with Crippen LogP contribution < -0.4 is 0 Å². The molecule has 1 amide bonds. The number of hydrogen-bond acceptors (Lipinski definition) is 5. The molecule has 2 aliphatic heterocycles. The molecule has 1 atom stereocenters. The van der Waals surface area contributed by atoms with Crippen molar-refractivity contribution in [3.05, 3.63) is 15.0 Å². The number of carbonyl (C=O) groups excluding carboxylic acids is 1. The summed E-state index contributed by atoms with van der Waals surface area (Å²) in [4.78, 5) is 21.6. The lowest BCUT2D eigenvalue weighted by atomic mass is 10.1. The van der Waals surface area contributed by atoms with Crippen molar-refractivity contribution >= 4 is 33.2 Å². The van der Waals surface area contributed by atoms with Crippen LogP contribution in [0.25, 0.3) is 0 Å². The number of aromatic nitrogens is 1. The van der Waals surface area contributed by atoms with Crippen molar-refractivity contribution < 1.29 is 9.53 Å². The monoisotopic (exact) mass is 359 g/mol.